The number of nitrogens with one attached hydrogen (secondary N) is 1. The fraction of sp³-hybridized carbons (Fsp3) is 0.269. The van der Waals surface area contributed by atoms with Crippen molar-refractivity contribution in [2.75, 3.05) is 24.8 Å². The molecule has 0 bridgehead atoms. The molecule has 0 amide bonds. The molecule has 1 atom stereocenters. The van der Waals surface area contributed by atoms with Crippen LogP contribution in [0, 0.1) is 0 Å². The largest absolute Gasteiger partial charge is 0.508 e. The van der Waals surface area contributed by atoms with Gasteiger partial charge < -0.3 is 24.8 Å². The first-order chi connectivity index (χ1) is 17.7. The average molecular weight is 505 g/mol. The molecule has 0 radical (unpaired) electrons. The average Bonchev–Trinajstić information content (AvgIpc) is 3.69. The molecule has 1 aliphatic rings. The minimum Gasteiger partial charge on any atom is -0.508 e. The van der Waals surface area contributed by atoms with Gasteiger partial charge in [-0.2, -0.15) is 9.36 Å². The van der Waals surface area contributed by atoms with E-state index in [4.69, 9.17) is 14.5 Å². The topological polar surface area (TPSA) is 97.6 Å². The van der Waals surface area contributed by atoms with E-state index >= 15 is 0 Å². The Labute approximate surface area is 213 Å². The molecule has 1 unspecified atom stereocenters. The maximum atomic E-state index is 9.66. The fourth-order valence-electron chi connectivity index (χ4n) is 3.99. The van der Waals surface area contributed by atoms with E-state index in [0.29, 0.717) is 12.5 Å². The van der Waals surface area contributed by atoms with Crippen LogP contribution < -0.4 is 10.2 Å². The molecule has 0 spiro atoms. The number of ether oxygens (including phenoxy) is 2. The van der Waals surface area contributed by atoms with E-state index < -0.39 is 0 Å². The summed E-state index contributed by atoms with van der Waals surface area (Å²) in [4.78, 5) is 11.0. The van der Waals surface area contributed by atoms with E-state index in [0.717, 1.165) is 42.4 Å². The van der Waals surface area contributed by atoms with Gasteiger partial charge in [0.15, 0.2) is 5.76 Å². The van der Waals surface area contributed by atoms with Crippen LogP contribution in [0.25, 0.3) is 5.95 Å². The number of benzene rings is 2. The van der Waals surface area contributed by atoms with Gasteiger partial charge in [0.1, 0.15) is 18.3 Å². The molecule has 4 aromatic rings. The third kappa shape index (κ3) is 6.21. The summed E-state index contributed by atoms with van der Waals surface area (Å²) in [6.07, 6.45) is 8.64. The SMILES string of the molecule is Oc1ccc(CN(CCCNC(Cc2ccccc2)C2=COCO2)c2nc(-n3ccnc3)ns2)cc1. The number of phenols is 1. The van der Waals surface area contributed by atoms with Crippen molar-refractivity contribution in [3.8, 4) is 11.7 Å². The van der Waals surface area contributed by atoms with E-state index in [9.17, 15) is 5.11 Å². The van der Waals surface area contributed by atoms with Gasteiger partial charge >= 0.3 is 0 Å². The molecule has 1 aliphatic heterocycles. The molecule has 186 valence electrons. The summed E-state index contributed by atoms with van der Waals surface area (Å²) in [5.74, 6) is 1.69. The second kappa shape index (κ2) is 11.7. The van der Waals surface area contributed by atoms with Crippen LogP contribution in [0.4, 0.5) is 5.13 Å². The molecule has 2 aromatic carbocycles. The van der Waals surface area contributed by atoms with E-state index in [1.54, 1.807) is 35.5 Å². The smallest absolute Gasteiger partial charge is 0.248 e. The van der Waals surface area contributed by atoms with Gasteiger partial charge in [-0.3, -0.25) is 4.57 Å². The Morgan fingerprint density at radius 3 is 2.72 bits per heavy atom. The summed E-state index contributed by atoms with van der Waals surface area (Å²) < 4.78 is 17.3. The third-order valence-corrected chi connectivity index (χ3v) is 6.60. The van der Waals surface area contributed by atoms with Crippen LogP contribution in [0.2, 0.25) is 0 Å². The van der Waals surface area contributed by atoms with Crippen molar-refractivity contribution in [3.63, 3.8) is 0 Å². The first-order valence-electron chi connectivity index (χ1n) is 11.8. The van der Waals surface area contributed by atoms with Gasteiger partial charge in [0.25, 0.3) is 0 Å². The molecule has 10 heteroatoms. The lowest BCUT2D eigenvalue weighted by Crippen LogP contribution is -2.36. The van der Waals surface area contributed by atoms with Crippen molar-refractivity contribution < 1.29 is 14.6 Å². The van der Waals surface area contributed by atoms with Crippen LogP contribution in [0.1, 0.15) is 17.5 Å². The van der Waals surface area contributed by atoms with Crippen molar-refractivity contribution in [3.05, 3.63) is 96.5 Å². The van der Waals surface area contributed by atoms with Crippen LogP contribution in [-0.2, 0) is 22.4 Å². The highest BCUT2D eigenvalue weighted by Crippen LogP contribution is 2.23. The fourth-order valence-corrected chi connectivity index (χ4v) is 4.68. The van der Waals surface area contributed by atoms with Gasteiger partial charge in [-0.1, -0.05) is 42.5 Å². The van der Waals surface area contributed by atoms with Crippen molar-refractivity contribution in [1.82, 2.24) is 24.2 Å². The van der Waals surface area contributed by atoms with E-state index in [1.165, 1.54) is 17.1 Å². The van der Waals surface area contributed by atoms with Gasteiger partial charge in [0.2, 0.25) is 17.9 Å². The maximum absolute atomic E-state index is 9.66. The zero-order valence-electron chi connectivity index (χ0n) is 19.7. The molecule has 9 nitrogen and oxygen atoms in total. The number of imidazole rings is 1. The number of anilines is 1. The van der Waals surface area contributed by atoms with Gasteiger partial charge in [0.05, 0.1) is 6.04 Å². The molecule has 36 heavy (non-hydrogen) atoms. The lowest BCUT2D eigenvalue weighted by atomic mass is 10.0. The summed E-state index contributed by atoms with van der Waals surface area (Å²) in [6, 6.07) is 17.7. The highest BCUT2D eigenvalue weighted by atomic mass is 32.1. The normalized spacial score (nSPS) is 13.6. The van der Waals surface area contributed by atoms with Crippen LogP contribution in [0.5, 0.6) is 5.75 Å². The Hall–Kier alpha value is -3.89. The van der Waals surface area contributed by atoms with E-state index in [2.05, 4.69) is 31.7 Å². The van der Waals surface area contributed by atoms with Crippen molar-refractivity contribution in [1.29, 1.82) is 0 Å². The summed E-state index contributed by atoms with van der Waals surface area (Å²) in [5, 5.41) is 14.1. The Morgan fingerprint density at radius 2 is 1.97 bits per heavy atom. The highest BCUT2D eigenvalue weighted by molar-refractivity contribution is 7.09. The number of phenolic OH excluding ortho intramolecular Hbond substituents is 1. The predicted octanol–water partition coefficient (Wildman–Crippen LogP) is 3.87. The van der Waals surface area contributed by atoms with Gasteiger partial charge in [-0.25, -0.2) is 4.98 Å². The Balaban J connectivity index is 1.24. The zero-order valence-corrected chi connectivity index (χ0v) is 20.6. The number of hydrogen-bond acceptors (Lipinski definition) is 9. The number of nitrogens with zero attached hydrogens (tertiary/aromatic N) is 5. The quantitative estimate of drug-likeness (QED) is 0.281. The number of hydrogen-bond donors (Lipinski definition) is 2. The first kappa shape index (κ1) is 23.8. The standard InChI is InChI=1S/C26H28N6O3S/c33-22-9-7-21(8-10-22)16-31(26-29-25(30-36-26)32-14-12-27-18-32)13-4-11-28-23(24-17-34-19-35-24)15-20-5-2-1-3-6-20/h1-3,5-10,12,14,17-18,23,28,33H,4,11,13,15-16,19H2. The summed E-state index contributed by atoms with van der Waals surface area (Å²) in [7, 11) is 0. The summed E-state index contributed by atoms with van der Waals surface area (Å²) >= 11 is 1.37. The second-order valence-electron chi connectivity index (χ2n) is 8.43. The molecule has 2 N–H and O–H groups in total. The van der Waals surface area contributed by atoms with Crippen LogP contribution >= 0.6 is 11.5 Å². The van der Waals surface area contributed by atoms with E-state index in [1.807, 2.05) is 36.5 Å². The Kier molecular flexibility index (Phi) is 7.74. The third-order valence-electron chi connectivity index (χ3n) is 5.83. The number of rotatable bonds is 12. The molecule has 3 heterocycles. The van der Waals surface area contributed by atoms with Gasteiger partial charge in [-0.15, -0.1) is 0 Å². The monoisotopic (exact) mass is 504 g/mol. The van der Waals surface area contributed by atoms with Crippen LogP contribution in [0.3, 0.4) is 0 Å². The van der Waals surface area contributed by atoms with E-state index in [-0.39, 0.29) is 18.6 Å². The molecule has 2 aromatic heterocycles. The maximum Gasteiger partial charge on any atom is 0.248 e. The molecule has 0 aliphatic carbocycles. The molecule has 0 saturated heterocycles. The van der Waals surface area contributed by atoms with Crippen molar-refractivity contribution >= 4 is 16.7 Å². The van der Waals surface area contributed by atoms with Crippen molar-refractivity contribution in [2.45, 2.75) is 25.4 Å². The number of aromatic hydroxyl groups is 1. The minimum absolute atomic E-state index is 0.0369. The molecular formula is C26H28N6O3S. The van der Waals surface area contributed by atoms with Gasteiger partial charge in [-0.05, 0) is 42.6 Å². The minimum atomic E-state index is 0.0369. The summed E-state index contributed by atoms with van der Waals surface area (Å²) in [6.45, 7) is 2.49. The van der Waals surface area contributed by atoms with Crippen LogP contribution in [0.15, 0.2) is 85.3 Å². The van der Waals surface area contributed by atoms with Crippen LogP contribution in [-0.4, -0.2) is 49.9 Å². The zero-order chi connectivity index (χ0) is 24.6. The number of aromatic nitrogens is 4. The Morgan fingerprint density at radius 1 is 1.11 bits per heavy atom. The predicted molar refractivity (Wildman–Crippen MR) is 138 cm³/mol. The molecule has 0 saturated carbocycles. The van der Waals surface area contributed by atoms with Crippen molar-refractivity contribution in [2.24, 2.45) is 0 Å². The lowest BCUT2D eigenvalue weighted by molar-refractivity contribution is 0.0734. The first-order valence-corrected chi connectivity index (χ1v) is 12.6. The Bertz CT molecular complexity index is 1240. The molecule has 0 fully saturated rings. The summed E-state index contributed by atoms with van der Waals surface area (Å²) in [5.41, 5.74) is 2.32. The van der Waals surface area contributed by atoms with Gasteiger partial charge in [0, 0.05) is 37.0 Å². The highest BCUT2D eigenvalue weighted by Gasteiger charge is 2.20. The molecular weight excluding hydrogens is 476 g/mol. The molecule has 5 rings (SSSR count). The second-order valence-corrected chi connectivity index (χ2v) is 9.16. The lowest BCUT2D eigenvalue weighted by Gasteiger charge is -2.23.